The van der Waals surface area contributed by atoms with Gasteiger partial charge in [0, 0.05) is 0 Å². The van der Waals surface area contributed by atoms with Gasteiger partial charge in [-0.15, -0.1) is 0 Å². The van der Waals surface area contributed by atoms with Gasteiger partial charge in [-0.1, -0.05) is 43.8 Å². The first-order valence-corrected chi connectivity index (χ1v) is 4.67. The minimum Gasteiger partial charge on any atom is -0.462 e. The van der Waals surface area contributed by atoms with E-state index in [2.05, 4.69) is 6.58 Å². The Morgan fingerprint density at radius 1 is 1.36 bits per heavy atom. The van der Waals surface area contributed by atoms with E-state index in [4.69, 9.17) is 4.74 Å². The van der Waals surface area contributed by atoms with Gasteiger partial charge in [0.2, 0.25) is 0 Å². The monoisotopic (exact) mass is 190 g/mol. The topological polar surface area (TPSA) is 26.3 Å². The third kappa shape index (κ3) is 2.73. The van der Waals surface area contributed by atoms with E-state index < -0.39 is 0 Å². The van der Waals surface area contributed by atoms with Crippen molar-refractivity contribution in [1.82, 2.24) is 0 Å². The summed E-state index contributed by atoms with van der Waals surface area (Å²) in [6, 6.07) is 9.32. The van der Waals surface area contributed by atoms with Gasteiger partial charge in [-0.3, -0.25) is 0 Å². The van der Waals surface area contributed by atoms with Crippen LogP contribution in [-0.2, 0) is 9.53 Å². The highest BCUT2D eigenvalue weighted by Gasteiger charge is 2.09. The summed E-state index contributed by atoms with van der Waals surface area (Å²) in [5, 5.41) is 0. The van der Waals surface area contributed by atoms with E-state index in [9.17, 15) is 4.79 Å². The van der Waals surface area contributed by atoms with Crippen LogP contribution in [0.3, 0.4) is 0 Å². The van der Waals surface area contributed by atoms with E-state index >= 15 is 0 Å². The van der Waals surface area contributed by atoms with Crippen LogP contribution in [0.1, 0.15) is 18.9 Å². The van der Waals surface area contributed by atoms with Crippen molar-refractivity contribution in [2.75, 3.05) is 6.61 Å². The Balaban J connectivity index is 2.62. The van der Waals surface area contributed by atoms with Gasteiger partial charge in [-0.05, 0) is 12.0 Å². The number of rotatable bonds is 4. The third-order valence-electron chi connectivity index (χ3n) is 1.81. The first kappa shape index (κ1) is 10.5. The van der Waals surface area contributed by atoms with Gasteiger partial charge in [-0.2, -0.15) is 0 Å². The average Bonchev–Trinajstić information content (AvgIpc) is 2.26. The number of carbonyl (C=O) groups excluding carboxylic acids is 1. The number of benzene rings is 1. The highest BCUT2D eigenvalue weighted by molar-refractivity contribution is 6.15. The Morgan fingerprint density at radius 2 is 2.00 bits per heavy atom. The molecular weight excluding hydrogens is 176 g/mol. The third-order valence-corrected chi connectivity index (χ3v) is 1.81. The summed E-state index contributed by atoms with van der Waals surface area (Å²) in [5.74, 6) is -0.335. The number of esters is 1. The average molecular weight is 190 g/mol. The number of hydrogen-bond donors (Lipinski definition) is 0. The zero-order valence-electron chi connectivity index (χ0n) is 8.32. The molecule has 0 saturated heterocycles. The molecule has 74 valence electrons. The van der Waals surface area contributed by atoms with Crippen molar-refractivity contribution in [2.45, 2.75) is 13.3 Å². The predicted molar refractivity (Wildman–Crippen MR) is 56.7 cm³/mol. The molecule has 0 spiro atoms. The fraction of sp³-hybridized carbons (Fsp3) is 0.250. The molecule has 0 aliphatic heterocycles. The van der Waals surface area contributed by atoms with Crippen molar-refractivity contribution in [3.05, 3.63) is 42.5 Å². The first-order chi connectivity index (χ1) is 6.75. The standard InChI is InChI=1S/C12H14O2/c1-3-9-14-12(13)10(2)11-7-5-4-6-8-11/h4-8H,2-3,9H2,1H3. The molecule has 0 unspecified atom stereocenters. The Bertz CT molecular complexity index is 314. The van der Waals surface area contributed by atoms with Crippen molar-refractivity contribution in [3.8, 4) is 0 Å². The van der Waals surface area contributed by atoms with Crippen LogP contribution in [0, 0.1) is 0 Å². The van der Waals surface area contributed by atoms with Gasteiger partial charge in [0.05, 0.1) is 12.2 Å². The summed E-state index contributed by atoms with van der Waals surface area (Å²) in [6.45, 7) is 6.11. The largest absolute Gasteiger partial charge is 0.462 e. The second-order valence-corrected chi connectivity index (χ2v) is 2.98. The molecule has 2 nitrogen and oxygen atoms in total. The molecule has 0 fully saturated rings. The normalized spacial score (nSPS) is 9.50. The molecule has 0 heterocycles. The zero-order valence-corrected chi connectivity index (χ0v) is 8.32. The molecule has 1 aromatic carbocycles. The van der Waals surface area contributed by atoms with E-state index in [1.165, 1.54) is 0 Å². The summed E-state index contributed by atoms with van der Waals surface area (Å²) in [5.41, 5.74) is 1.23. The lowest BCUT2D eigenvalue weighted by Crippen LogP contribution is -2.06. The van der Waals surface area contributed by atoms with Crippen LogP contribution in [-0.4, -0.2) is 12.6 Å². The highest BCUT2D eigenvalue weighted by Crippen LogP contribution is 2.12. The van der Waals surface area contributed by atoms with Crippen molar-refractivity contribution in [2.24, 2.45) is 0 Å². The number of ether oxygens (including phenoxy) is 1. The fourth-order valence-electron chi connectivity index (χ4n) is 1.04. The van der Waals surface area contributed by atoms with Gasteiger partial charge in [0.15, 0.2) is 0 Å². The summed E-state index contributed by atoms with van der Waals surface area (Å²) in [4.78, 5) is 11.4. The lowest BCUT2D eigenvalue weighted by molar-refractivity contribution is -0.136. The van der Waals surface area contributed by atoms with Gasteiger partial charge < -0.3 is 4.74 Å². The van der Waals surface area contributed by atoms with Crippen LogP contribution in [0.2, 0.25) is 0 Å². The number of hydrogen-bond acceptors (Lipinski definition) is 2. The maximum atomic E-state index is 11.4. The van der Waals surface area contributed by atoms with E-state index in [0.29, 0.717) is 12.2 Å². The van der Waals surface area contributed by atoms with Crippen molar-refractivity contribution in [1.29, 1.82) is 0 Å². The molecule has 0 aromatic heterocycles. The lowest BCUT2D eigenvalue weighted by atomic mass is 10.1. The second kappa shape index (κ2) is 5.22. The molecule has 0 atom stereocenters. The minimum atomic E-state index is -0.335. The number of carbonyl (C=O) groups is 1. The summed E-state index contributed by atoms with van der Waals surface area (Å²) in [7, 11) is 0. The van der Waals surface area contributed by atoms with Crippen molar-refractivity contribution < 1.29 is 9.53 Å². The van der Waals surface area contributed by atoms with E-state index in [1.807, 2.05) is 37.3 Å². The molecule has 0 radical (unpaired) electrons. The van der Waals surface area contributed by atoms with Crippen molar-refractivity contribution in [3.63, 3.8) is 0 Å². The van der Waals surface area contributed by atoms with Gasteiger partial charge in [0.1, 0.15) is 0 Å². The van der Waals surface area contributed by atoms with Crippen LogP contribution in [0.15, 0.2) is 36.9 Å². The van der Waals surface area contributed by atoms with Gasteiger partial charge >= 0.3 is 5.97 Å². The van der Waals surface area contributed by atoms with Crippen molar-refractivity contribution >= 4 is 11.5 Å². The minimum absolute atomic E-state index is 0.335. The summed E-state index contributed by atoms with van der Waals surface area (Å²) >= 11 is 0. The first-order valence-electron chi connectivity index (χ1n) is 4.67. The molecule has 0 saturated carbocycles. The smallest absolute Gasteiger partial charge is 0.338 e. The van der Waals surface area contributed by atoms with Gasteiger partial charge in [-0.25, -0.2) is 4.79 Å². The molecule has 0 N–H and O–H groups in total. The highest BCUT2D eigenvalue weighted by atomic mass is 16.5. The molecule has 14 heavy (non-hydrogen) atoms. The van der Waals surface area contributed by atoms with Crippen LogP contribution in [0.25, 0.3) is 5.57 Å². The summed E-state index contributed by atoms with van der Waals surface area (Å²) < 4.78 is 4.97. The Labute approximate surface area is 84.2 Å². The molecule has 0 amide bonds. The molecule has 1 aromatic rings. The van der Waals surface area contributed by atoms with Crippen LogP contribution < -0.4 is 0 Å². The molecule has 0 bridgehead atoms. The molecule has 0 aliphatic rings. The molecule has 1 rings (SSSR count). The Kier molecular flexibility index (Phi) is 3.92. The van der Waals surface area contributed by atoms with Gasteiger partial charge in [0.25, 0.3) is 0 Å². The maximum absolute atomic E-state index is 11.4. The quantitative estimate of drug-likeness (QED) is 0.539. The Morgan fingerprint density at radius 3 is 2.57 bits per heavy atom. The van der Waals surface area contributed by atoms with Crippen LogP contribution >= 0.6 is 0 Å². The predicted octanol–water partition coefficient (Wildman–Crippen LogP) is 2.65. The van der Waals surface area contributed by atoms with Crippen LogP contribution in [0.4, 0.5) is 0 Å². The maximum Gasteiger partial charge on any atom is 0.338 e. The van der Waals surface area contributed by atoms with E-state index in [-0.39, 0.29) is 5.97 Å². The van der Waals surface area contributed by atoms with E-state index in [1.54, 1.807) is 0 Å². The SMILES string of the molecule is C=C(C(=O)OCCC)c1ccccc1. The Hall–Kier alpha value is -1.57. The van der Waals surface area contributed by atoms with E-state index in [0.717, 1.165) is 12.0 Å². The molecular formula is C12H14O2. The fourth-order valence-corrected chi connectivity index (χ4v) is 1.04. The second-order valence-electron chi connectivity index (χ2n) is 2.98. The van der Waals surface area contributed by atoms with Crippen LogP contribution in [0.5, 0.6) is 0 Å². The lowest BCUT2D eigenvalue weighted by Gasteiger charge is -2.05. The zero-order chi connectivity index (χ0) is 10.4. The molecule has 2 heteroatoms. The summed E-state index contributed by atoms with van der Waals surface area (Å²) in [6.07, 6.45) is 0.827. The molecule has 0 aliphatic carbocycles.